The molecule has 0 saturated heterocycles. The molecule has 3 aromatic rings. The molecule has 3 N–H and O–H groups in total. The van der Waals surface area contributed by atoms with Crippen molar-refractivity contribution >= 4 is 17.5 Å². The number of pyridine rings is 1. The highest BCUT2D eigenvalue weighted by atomic mass is 16.2. The number of hydrogen-bond acceptors (Lipinski definition) is 5. The van der Waals surface area contributed by atoms with Gasteiger partial charge < -0.3 is 5.32 Å². The van der Waals surface area contributed by atoms with Gasteiger partial charge in [0.05, 0.1) is 24.0 Å². The van der Waals surface area contributed by atoms with Gasteiger partial charge in [0.15, 0.2) is 5.82 Å². The molecule has 8 nitrogen and oxygen atoms in total. The summed E-state index contributed by atoms with van der Waals surface area (Å²) in [6.45, 7) is 5.96. The number of aromatic nitrogens is 3. The lowest BCUT2D eigenvalue weighted by Gasteiger charge is -2.11. The first-order valence-electron chi connectivity index (χ1n) is 9.38. The molecule has 0 aliphatic heterocycles. The molecule has 0 aliphatic carbocycles. The molecule has 2 aromatic heterocycles. The average molecular weight is 392 g/mol. The predicted molar refractivity (Wildman–Crippen MR) is 111 cm³/mol. The molecule has 0 spiro atoms. The Kier molecular flexibility index (Phi) is 6.23. The van der Waals surface area contributed by atoms with Gasteiger partial charge in [0, 0.05) is 11.9 Å². The third-order valence-electron chi connectivity index (χ3n) is 4.45. The number of hydrogen-bond donors (Lipinski definition) is 3. The Bertz CT molecular complexity index is 1010. The van der Waals surface area contributed by atoms with E-state index in [1.165, 1.54) is 6.20 Å². The first kappa shape index (κ1) is 20.1. The second-order valence-corrected chi connectivity index (χ2v) is 6.63. The van der Waals surface area contributed by atoms with E-state index < -0.39 is 5.91 Å². The number of rotatable bonds is 6. The third-order valence-corrected chi connectivity index (χ3v) is 4.45. The molecule has 1 aromatic carbocycles. The van der Waals surface area contributed by atoms with Crippen LogP contribution in [-0.2, 0) is 11.2 Å². The Morgan fingerprint density at radius 2 is 1.93 bits per heavy atom. The summed E-state index contributed by atoms with van der Waals surface area (Å²) >= 11 is 0. The van der Waals surface area contributed by atoms with Gasteiger partial charge in [0.1, 0.15) is 0 Å². The van der Waals surface area contributed by atoms with E-state index in [0.717, 1.165) is 16.8 Å². The van der Waals surface area contributed by atoms with Crippen molar-refractivity contribution in [2.24, 2.45) is 0 Å². The molecule has 29 heavy (non-hydrogen) atoms. The van der Waals surface area contributed by atoms with Crippen molar-refractivity contribution in [2.45, 2.75) is 27.2 Å². The molecule has 3 rings (SSSR count). The lowest BCUT2D eigenvalue weighted by Crippen LogP contribution is -2.44. The highest BCUT2D eigenvalue weighted by molar-refractivity contribution is 5.96. The minimum absolute atomic E-state index is 0.0397. The number of benzene rings is 1. The molecule has 2 amide bonds. The number of anilines is 1. The fourth-order valence-electron chi connectivity index (χ4n) is 3.01. The molecule has 0 saturated carbocycles. The zero-order valence-electron chi connectivity index (χ0n) is 16.7. The SMILES string of the molecule is CCc1c(C(=O)NNC(=O)CNc2ccc(C)cc2C)cnn1-c1ccccn1. The topological polar surface area (TPSA) is 101 Å². The quantitative estimate of drug-likeness (QED) is 0.559. The smallest absolute Gasteiger partial charge is 0.273 e. The number of carbonyl (C=O) groups excluding carboxylic acids is 2. The Balaban J connectivity index is 1.59. The second-order valence-electron chi connectivity index (χ2n) is 6.63. The Hall–Kier alpha value is -3.68. The highest BCUT2D eigenvalue weighted by Crippen LogP contribution is 2.16. The Labute approximate surface area is 169 Å². The van der Waals surface area contributed by atoms with Gasteiger partial charge in [-0.1, -0.05) is 30.7 Å². The molecule has 8 heteroatoms. The van der Waals surface area contributed by atoms with E-state index >= 15 is 0 Å². The fraction of sp³-hybridized carbons (Fsp3) is 0.238. The summed E-state index contributed by atoms with van der Waals surface area (Å²) in [4.78, 5) is 28.9. The summed E-state index contributed by atoms with van der Waals surface area (Å²) in [6.07, 6.45) is 3.73. The summed E-state index contributed by atoms with van der Waals surface area (Å²) in [7, 11) is 0. The standard InChI is InChI=1S/C21H24N6O2/c1-4-18-16(12-24-27(18)19-7-5-6-10-22-19)21(29)26-25-20(28)13-23-17-9-8-14(2)11-15(17)3/h5-12,23H,4,13H2,1-3H3,(H,25,28)(H,26,29). The van der Waals surface area contributed by atoms with E-state index in [4.69, 9.17) is 0 Å². The molecule has 0 unspecified atom stereocenters. The third kappa shape index (κ3) is 4.78. The van der Waals surface area contributed by atoms with Crippen LogP contribution in [0.15, 0.2) is 48.8 Å². The molecule has 0 bridgehead atoms. The van der Waals surface area contributed by atoms with Crippen LogP contribution in [0.4, 0.5) is 5.69 Å². The van der Waals surface area contributed by atoms with Crippen molar-refractivity contribution in [1.29, 1.82) is 0 Å². The number of hydrazine groups is 1. The molecule has 0 radical (unpaired) electrons. The Morgan fingerprint density at radius 3 is 2.62 bits per heavy atom. The van der Waals surface area contributed by atoms with Crippen molar-refractivity contribution in [3.63, 3.8) is 0 Å². The summed E-state index contributed by atoms with van der Waals surface area (Å²) < 4.78 is 1.62. The van der Waals surface area contributed by atoms with Crippen LogP contribution in [0.25, 0.3) is 5.82 Å². The van der Waals surface area contributed by atoms with Gasteiger partial charge in [-0.05, 0) is 44.0 Å². The van der Waals surface area contributed by atoms with E-state index in [-0.39, 0.29) is 12.5 Å². The van der Waals surface area contributed by atoms with Crippen LogP contribution < -0.4 is 16.2 Å². The highest BCUT2D eigenvalue weighted by Gasteiger charge is 2.18. The van der Waals surface area contributed by atoms with E-state index in [2.05, 4.69) is 26.3 Å². The lowest BCUT2D eigenvalue weighted by atomic mass is 10.1. The monoisotopic (exact) mass is 392 g/mol. The van der Waals surface area contributed by atoms with Gasteiger partial charge in [-0.2, -0.15) is 5.10 Å². The summed E-state index contributed by atoms with van der Waals surface area (Å²) in [6, 6.07) is 11.4. The van der Waals surface area contributed by atoms with Crippen molar-refractivity contribution in [1.82, 2.24) is 25.6 Å². The van der Waals surface area contributed by atoms with Crippen LogP contribution in [-0.4, -0.2) is 33.1 Å². The zero-order valence-corrected chi connectivity index (χ0v) is 16.7. The first-order valence-corrected chi connectivity index (χ1v) is 9.38. The number of nitrogens with zero attached hydrogens (tertiary/aromatic N) is 3. The van der Waals surface area contributed by atoms with Crippen LogP contribution in [0.3, 0.4) is 0 Å². The fourth-order valence-corrected chi connectivity index (χ4v) is 3.01. The summed E-state index contributed by atoms with van der Waals surface area (Å²) in [5.74, 6) is -0.150. The Morgan fingerprint density at radius 1 is 1.10 bits per heavy atom. The van der Waals surface area contributed by atoms with Crippen LogP contribution in [0.5, 0.6) is 0 Å². The van der Waals surface area contributed by atoms with Crippen molar-refractivity contribution in [3.05, 3.63) is 71.2 Å². The molecular formula is C21H24N6O2. The van der Waals surface area contributed by atoms with Crippen LogP contribution in [0.2, 0.25) is 0 Å². The number of amides is 2. The second kappa shape index (κ2) is 9.01. The van der Waals surface area contributed by atoms with Gasteiger partial charge in [-0.15, -0.1) is 0 Å². The van der Waals surface area contributed by atoms with Gasteiger partial charge in [0.25, 0.3) is 11.8 Å². The van der Waals surface area contributed by atoms with Crippen LogP contribution in [0, 0.1) is 13.8 Å². The summed E-state index contributed by atoms with van der Waals surface area (Å²) in [5.41, 5.74) is 9.06. The minimum Gasteiger partial charge on any atom is -0.376 e. The van der Waals surface area contributed by atoms with E-state index in [1.54, 1.807) is 10.9 Å². The molecule has 0 fully saturated rings. The molecule has 150 valence electrons. The minimum atomic E-state index is -0.427. The van der Waals surface area contributed by atoms with Gasteiger partial charge >= 0.3 is 0 Å². The lowest BCUT2D eigenvalue weighted by molar-refractivity contribution is -0.120. The van der Waals surface area contributed by atoms with E-state index in [0.29, 0.717) is 23.5 Å². The average Bonchev–Trinajstić information content (AvgIpc) is 3.16. The maximum atomic E-state index is 12.5. The van der Waals surface area contributed by atoms with Gasteiger partial charge in [0.2, 0.25) is 0 Å². The van der Waals surface area contributed by atoms with Crippen molar-refractivity contribution in [3.8, 4) is 5.82 Å². The van der Waals surface area contributed by atoms with E-state index in [9.17, 15) is 9.59 Å². The first-order chi connectivity index (χ1) is 14.0. The molecule has 2 heterocycles. The largest absolute Gasteiger partial charge is 0.376 e. The molecular weight excluding hydrogens is 368 g/mol. The van der Waals surface area contributed by atoms with Gasteiger partial charge in [-0.3, -0.25) is 20.4 Å². The number of nitrogens with one attached hydrogen (secondary N) is 3. The predicted octanol–water partition coefficient (Wildman–Crippen LogP) is 2.32. The number of carbonyl (C=O) groups is 2. The van der Waals surface area contributed by atoms with Crippen molar-refractivity contribution in [2.75, 3.05) is 11.9 Å². The number of aryl methyl sites for hydroxylation is 2. The van der Waals surface area contributed by atoms with Crippen LogP contribution in [0.1, 0.15) is 34.1 Å². The molecule has 0 aliphatic rings. The summed E-state index contributed by atoms with van der Waals surface area (Å²) in [5, 5.41) is 7.33. The van der Waals surface area contributed by atoms with Crippen LogP contribution >= 0.6 is 0 Å². The normalized spacial score (nSPS) is 10.4. The molecule has 0 atom stereocenters. The maximum absolute atomic E-state index is 12.5. The maximum Gasteiger partial charge on any atom is 0.273 e. The van der Waals surface area contributed by atoms with Gasteiger partial charge in [-0.25, -0.2) is 9.67 Å². The van der Waals surface area contributed by atoms with E-state index in [1.807, 2.05) is 57.2 Å². The zero-order chi connectivity index (χ0) is 20.8. The van der Waals surface area contributed by atoms with Crippen molar-refractivity contribution < 1.29 is 9.59 Å².